The molecule has 1 aliphatic carbocycles. The molecule has 0 aliphatic heterocycles. The molecule has 0 heterocycles. The molecule has 0 bridgehead atoms. The molecule has 1 amide bonds. The van der Waals surface area contributed by atoms with Gasteiger partial charge in [-0.2, -0.15) is 0 Å². The highest BCUT2D eigenvalue weighted by atomic mass is 79.9. The maximum atomic E-state index is 12.3. The zero-order chi connectivity index (χ0) is 24.3. The Morgan fingerprint density at radius 3 is 2.62 bits per heavy atom. The Morgan fingerprint density at radius 1 is 1.12 bits per heavy atom. The topological polar surface area (TPSA) is 126 Å². The Hall–Kier alpha value is -2.91. The van der Waals surface area contributed by atoms with E-state index in [0.717, 1.165) is 34.0 Å². The Morgan fingerprint density at radius 2 is 1.88 bits per heavy atom. The van der Waals surface area contributed by atoms with Gasteiger partial charge in [0.05, 0.1) is 6.54 Å². The molecule has 0 atom stereocenters. The first kappa shape index (κ1) is 25.7. The van der Waals surface area contributed by atoms with Crippen molar-refractivity contribution in [1.29, 1.82) is 0 Å². The van der Waals surface area contributed by atoms with E-state index in [4.69, 9.17) is 15.7 Å². The first-order valence-electron chi connectivity index (χ1n) is 11.5. The summed E-state index contributed by atoms with van der Waals surface area (Å²) in [7, 11) is 0. The number of hydrogen-bond donors (Lipinski definition) is 4. The van der Waals surface area contributed by atoms with Crippen LogP contribution < -0.4 is 16.4 Å². The highest BCUT2D eigenvalue weighted by molar-refractivity contribution is 9.10. The van der Waals surface area contributed by atoms with Crippen LogP contribution in [0.4, 0.5) is 5.69 Å². The van der Waals surface area contributed by atoms with E-state index in [2.05, 4.69) is 31.7 Å². The van der Waals surface area contributed by atoms with Crippen molar-refractivity contribution < 1.29 is 19.5 Å². The quantitative estimate of drug-likeness (QED) is 0.199. The first-order chi connectivity index (χ1) is 16.4. The molecule has 1 saturated carbocycles. The summed E-state index contributed by atoms with van der Waals surface area (Å²) < 4.78 is 0.877. The van der Waals surface area contributed by atoms with Crippen molar-refractivity contribution in [2.24, 2.45) is 11.1 Å². The van der Waals surface area contributed by atoms with Gasteiger partial charge in [-0.15, -0.1) is 0 Å². The highest BCUT2D eigenvalue weighted by Crippen LogP contribution is 2.23. The van der Waals surface area contributed by atoms with Crippen molar-refractivity contribution in [2.75, 3.05) is 25.4 Å². The molecule has 3 rings (SSSR count). The first-order valence-corrected chi connectivity index (χ1v) is 12.3. The smallest absolute Gasteiger partial charge is 0.317 e. The molecule has 0 unspecified atom stereocenters. The lowest BCUT2D eigenvalue weighted by Crippen LogP contribution is -2.32. The van der Waals surface area contributed by atoms with Gasteiger partial charge in [-0.3, -0.25) is 9.59 Å². The van der Waals surface area contributed by atoms with Crippen LogP contribution in [-0.4, -0.2) is 42.4 Å². The monoisotopic (exact) mass is 530 g/mol. The number of halogens is 1. The van der Waals surface area contributed by atoms with E-state index < -0.39 is 5.97 Å². The van der Waals surface area contributed by atoms with E-state index in [1.54, 1.807) is 6.07 Å². The number of benzene rings is 2. The molecule has 1 fully saturated rings. The minimum absolute atomic E-state index is 0.171. The van der Waals surface area contributed by atoms with E-state index >= 15 is 0 Å². The fourth-order valence-electron chi connectivity index (χ4n) is 3.97. The third-order valence-electron chi connectivity index (χ3n) is 5.77. The van der Waals surface area contributed by atoms with Crippen molar-refractivity contribution in [2.45, 2.75) is 38.6 Å². The maximum Gasteiger partial charge on any atom is 0.317 e. The molecule has 0 spiro atoms. The zero-order valence-electron chi connectivity index (χ0n) is 19.1. The van der Waals surface area contributed by atoms with Crippen LogP contribution in [0.1, 0.15) is 48.8 Å². The summed E-state index contributed by atoms with van der Waals surface area (Å²) in [5, 5.41) is 19.0. The largest absolute Gasteiger partial charge is 0.480 e. The number of aliphatic carboxylic acids is 1. The number of nitrogen functional groups attached to an aromatic ring is 1. The number of nitrogens with zero attached hydrogens (tertiary/aromatic N) is 1. The van der Waals surface area contributed by atoms with Crippen LogP contribution in [0, 0.1) is 5.92 Å². The number of carbonyl (C=O) groups excluding carboxylic acids is 1. The highest BCUT2D eigenvalue weighted by Gasteiger charge is 2.15. The zero-order valence-corrected chi connectivity index (χ0v) is 20.6. The lowest BCUT2D eigenvalue weighted by molar-refractivity contribution is -0.136. The van der Waals surface area contributed by atoms with Crippen LogP contribution in [0.25, 0.3) is 0 Å². The van der Waals surface area contributed by atoms with Crippen LogP contribution in [0.5, 0.6) is 0 Å². The average Bonchev–Trinajstić information content (AvgIpc) is 2.82. The fourth-order valence-corrected chi connectivity index (χ4v) is 4.37. The predicted octanol–water partition coefficient (Wildman–Crippen LogP) is 3.67. The minimum Gasteiger partial charge on any atom is -0.480 e. The molecular weight excluding hydrogens is 500 g/mol. The summed E-state index contributed by atoms with van der Waals surface area (Å²) in [6.45, 7) is 0.624. The number of nitrogens with one attached hydrogen (secondary N) is 2. The van der Waals surface area contributed by atoms with Gasteiger partial charge in [-0.25, -0.2) is 0 Å². The summed E-state index contributed by atoms with van der Waals surface area (Å²) >= 11 is 3.48. The van der Waals surface area contributed by atoms with Gasteiger partial charge in [0.25, 0.3) is 5.91 Å². The number of hydrogen-bond acceptors (Lipinski definition) is 6. The molecule has 0 radical (unpaired) electrons. The molecule has 9 heteroatoms. The molecule has 2 aromatic carbocycles. The fraction of sp³-hybridized carbons (Fsp3) is 0.400. The summed E-state index contributed by atoms with van der Waals surface area (Å²) in [4.78, 5) is 28.6. The summed E-state index contributed by atoms with van der Waals surface area (Å²) in [5.74, 6) is -0.596. The van der Waals surface area contributed by atoms with Crippen LogP contribution in [0.15, 0.2) is 52.1 Å². The van der Waals surface area contributed by atoms with Crippen molar-refractivity contribution in [3.05, 3.63) is 63.6 Å². The summed E-state index contributed by atoms with van der Waals surface area (Å²) in [5.41, 5.74) is 9.45. The van der Waals surface area contributed by atoms with E-state index in [0.29, 0.717) is 30.4 Å². The SMILES string of the molecule is Nc1ccc(C(=NOCC(=O)NCC2CCCCC2)c2cccc(Br)c2)cc1CNCC(=O)O. The maximum absolute atomic E-state index is 12.3. The van der Waals surface area contributed by atoms with E-state index in [1.165, 1.54) is 19.3 Å². The summed E-state index contributed by atoms with van der Waals surface area (Å²) in [6, 6.07) is 13.0. The van der Waals surface area contributed by atoms with Gasteiger partial charge in [0.1, 0.15) is 5.71 Å². The Balaban J connectivity index is 1.72. The second kappa shape index (κ2) is 13.1. The van der Waals surface area contributed by atoms with Crippen molar-refractivity contribution in [3.63, 3.8) is 0 Å². The third-order valence-corrected chi connectivity index (χ3v) is 6.26. The normalized spacial score (nSPS) is 14.6. The molecular formula is C25H31BrN4O4. The van der Waals surface area contributed by atoms with Crippen molar-refractivity contribution in [1.82, 2.24) is 10.6 Å². The second-order valence-corrected chi connectivity index (χ2v) is 9.36. The molecule has 8 nitrogen and oxygen atoms in total. The average molecular weight is 531 g/mol. The Labute approximate surface area is 208 Å². The van der Waals surface area contributed by atoms with Crippen LogP contribution in [0.2, 0.25) is 0 Å². The molecule has 2 aromatic rings. The van der Waals surface area contributed by atoms with Gasteiger partial charge in [-0.05, 0) is 48.6 Å². The number of rotatable bonds is 11. The molecule has 0 aromatic heterocycles. The number of carbonyl (C=O) groups is 2. The lowest BCUT2D eigenvalue weighted by Gasteiger charge is -2.21. The van der Waals surface area contributed by atoms with Crippen LogP contribution >= 0.6 is 15.9 Å². The number of amides is 1. The predicted molar refractivity (Wildman–Crippen MR) is 136 cm³/mol. The number of anilines is 1. The summed E-state index contributed by atoms with van der Waals surface area (Å²) in [6.07, 6.45) is 6.06. The molecule has 0 saturated heterocycles. The van der Waals surface area contributed by atoms with Crippen molar-refractivity contribution in [3.8, 4) is 0 Å². The minimum atomic E-state index is -0.943. The molecule has 34 heavy (non-hydrogen) atoms. The van der Waals surface area contributed by atoms with Gasteiger partial charge >= 0.3 is 5.97 Å². The molecule has 182 valence electrons. The van der Waals surface area contributed by atoms with Gasteiger partial charge in [0.2, 0.25) is 0 Å². The number of carboxylic acid groups (broad SMARTS) is 1. The van der Waals surface area contributed by atoms with E-state index in [-0.39, 0.29) is 19.1 Å². The van der Waals surface area contributed by atoms with Gasteiger partial charge < -0.3 is 26.3 Å². The van der Waals surface area contributed by atoms with E-state index in [9.17, 15) is 9.59 Å². The molecule has 1 aliphatic rings. The van der Waals surface area contributed by atoms with Crippen LogP contribution in [-0.2, 0) is 21.0 Å². The Kier molecular flexibility index (Phi) is 9.90. The number of nitrogens with two attached hydrogens (primary N) is 1. The van der Waals surface area contributed by atoms with Gasteiger partial charge in [0, 0.05) is 34.4 Å². The Bertz CT molecular complexity index is 1020. The number of oxime groups is 1. The van der Waals surface area contributed by atoms with E-state index in [1.807, 2.05) is 36.4 Å². The lowest BCUT2D eigenvalue weighted by atomic mass is 9.89. The second-order valence-electron chi connectivity index (χ2n) is 8.44. The van der Waals surface area contributed by atoms with Crippen LogP contribution in [0.3, 0.4) is 0 Å². The number of carboxylic acids is 1. The van der Waals surface area contributed by atoms with Crippen molar-refractivity contribution >= 4 is 39.2 Å². The van der Waals surface area contributed by atoms with Gasteiger partial charge in [0.15, 0.2) is 6.61 Å². The third kappa shape index (κ3) is 8.14. The van der Waals surface area contributed by atoms with Gasteiger partial charge in [-0.1, -0.05) is 58.5 Å². The standard InChI is InChI=1S/C25H31BrN4O4/c26-21-8-4-7-18(12-21)25(19-9-10-22(27)20(11-19)14-28-15-24(32)33)30-34-16-23(31)29-13-17-5-2-1-3-6-17/h4,7-12,17,28H,1-3,5-6,13-16,27H2,(H,29,31)(H,32,33). The molecule has 5 N–H and O–H groups in total.